The quantitative estimate of drug-likeness (QED) is 0.263. The number of furan rings is 1. The third-order valence-corrected chi connectivity index (χ3v) is 6.63. The molecule has 0 amide bonds. The summed E-state index contributed by atoms with van der Waals surface area (Å²) in [7, 11) is 0. The molecule has 4 aromatic carbocycles. The number of benzene rings is 4. The molecule has 6 rings (SSSR count). The van der Waals surface area contributed by atoms with Gasteiger partial charge in [-0.25, -0.2) is 0 Å². The smallest absolute Gasteiger partial charge is 0.145 e. The van der Waals surface area contributed by atoms with Crippen LogP contribution in [0.2, 0.25) is 0 Å². The summed E-state index contributed by atoms with van der Waals surface area (Å²) in [5.74, 6) is 0. The van der Waals surface area contributed by atoms with Crippen LogP contribution in [0.5, 0.6) is 0 Å². The first-order chi connectivity index (χ1) is 16.4. The van der Waals surface area contributed by atoms with Crippen molar-refractivity contribution in [3.63, 3.8) is 0 Å². The van der Waals surface area contributed by atoms with E-state index < -0.39 is 0 Å². The van der Waals surface area contributed by atoms with Crippen LogP contribution in [0.4, 0.5) is 0 Å². The van der Waals surface area contributed by atoms with Gasteiger partial charge >= 0.3 is 0 Å². The molecule has 0 saturated carbocycles. The van der Waals surface area contributed by atoms with Gasteiger partial charge in [0.15, 0.2) is 0 Å². The van der Waals surface area contributed by atoms with E-state index in [0.29, 0.717) is 11.1 Å². The first-order valence-electron chi connectivity index (χ1n) is 11.2. The maximum atomic E-state index is 9.91. The highest BCUT2D eigenvalue weighted by Crippen LogP contribution is 2.42. The molecule has 2 aromatic heterocycles. The van der Waals surface area contributed by atoms with Gasteiger partial charge in [0, 0.05) is 16.2 Å². The first kappa shape index (κ1) is 20.1. The third kappa shape index (κ3) is 2.76. The predicted octanol–water partition coefficient (Wildman–Crippen LogP) is 7.72. The van der Waals surface area contributed by atoms with Crippen LogP contribution in [0, 0.1) is 22.7 Å². The average molecular weight is 440 g/mol. The zero-order valence-corrected chi connectivity index (χ0v) is 19.2. The van der Waals surface area contributed by atoms with Gasteiger partial charge in [-0.15, -0.1) is 0 Å². The number of para-hydroxylation sites is 1. The Morgan fingerprint density at radius 3 is 2.32 bits per heavy atom. The van der Waals surface area contributed by atoms with Crippen LogP contribution in [0.1, 0.15) is 37.5 Å². The van der Waals surface area contributed by atoms with E-state index in [1.165, 1.54) is 5.56 Å². The van der Waals surface area contributed by atoms with E-state index >= 15 is 0 Å². The molecule has 0 aliphatic carbocycles. The van der Waals surface area contributed by atoms with Crippen molar-refractivity contribution in [3.8, 4) is 17.8 Å². The Bertz CT molecular complexity index is 1860. The molecule has 4 heteroatoms. The van der Waals surface area contributed by atoms with Crippen molar-refractivity contribution in [3.05, 3.63) is 89.5 Å². The van der Waals surface area contributed by atoms with Crippen LogP contribution >= 0.6 is 0 Å². The molecule has 2 heterocycles. The van der Waals surface area contributed by atoms with Gasteiger partial charge in [0.2, 0.25) is 0 Å². The molecule has 0 N–H and O–H groups in total. The van der Waals surface area contributed by atoms with E-state index in [4.69, 9.17) is 4.42 Å². The molecule has 0 aliphatic heterocycles. The van der Waals surface area contributed by atoms with Crippen LogP contribution in [0.15, 0.2) is 77.2 Å². The van der Waals surface area contributed by atoms with Crippen molar-refractivity contribution in [1.82, 2.24) is 4.57 Å². The van der Waals surface area contributed by atoms with Crippen molar-refractivity contribution in [2.45, 2.75) is 26.2 Å². The Kier molecular flexibility index (Phi) is 4.12. The molecule has 6 aromatic rings. The summed E-state index contributed by atoms with van der Waals surface area (Å²) in [6.45, 7) is 6.62. The molecule has 0 aliphatic rings. The van der Waals surface area contributed by atoms with Crippen molar-refractivity contribution in [2.75, 3.05) is 0 Å². The van der Waals surface area contributed by atoms with Gasteiger partial charge in [0.05, 0.1) is 39.3 Å². The van der Waals surface area contributed by atoms with Crippen LogP contribution < -0.4 is 0 Å². The van der Waals surface area contributed by atoms with Gasteiger partial charge in [-0.2, -0.15) is 10.5 Å². The fraction of sp³-hybridized carbons (Fsp3) is 0.133. The molecule has 34 heavy (non-hydrogen) atoms. The SMILES string of the molecule is CC(C)(C)c1ccc2c(c1)c1c3oc4ccccc4c3ccc1n2-c1ccc(C#N)cc1C#N. The number of rotatable bonds is 1. The van der Waals surface area contributed by atoms with Crippen molar-refractivity contribution >= 4 is 43.7 Å². The lowest BCUT2D eigenvalue weighted by molar-refractivity contribution is 0.591. The molecule has 0 atom stereocenters. The van der Waals surface area contributed by atoms with Crippen molar-refractivity contribution in [1.29, 1.82) is 10.5 Å². The highest BCUT2D eigenvalue weighted by atomic mass is 16.3. The summed E-state index contributed by atoms with van der Waals surface area (Å²) in [4.78, 5) is 0. The van der Waals surface area contributed by atoms with Gasteiger partial charge in [0.1, 0.15) is 17.2 Å². The maximum absolute atomic E-state index is 9.91. The number of hydrogen-bond acceptors (Lipinski definition) is 3. The fourth-order valence-corrected chi connectivity index (χ4v) is 4.90. The highest BCUT2D eigenvalue weighted by molar-refractivity contribution is 6.24. The average Bonchev–Trinajstić information content (AvgIpc) is 3.38. The predicted molar refractivity (Wildman–Crippen MR) is 136 cm³/mol. The lowest BCUT2D eigenvalue weighted by Crippen LogP contribution is -2.10. The lowest BCUT2D eigenvalue weighted by Gasteiger charge is -2.19. The van der Waals surface area contributed by atoms with Crippen molar-refractivity contribution < 1.29 is 4.42 Å². The second-order valence-electron chi connectivity index (χ2n) is 9.71. The number of aromatic nitrogens is 1. The van der Waals surface area contributed by atoms with Gasteiger partial charge in [-0.3, -0.25) is 0 Å². The standard InChI is InChI=1S/C30H21N3O/c1-30(2,3)20-9-12-25-23(15-20)28-26(33(25)24-11-8-18(16-31)14-19(24)17-32)13-10-22-21-6-4-5-7-27(21)34-29(22)28/h4-15H,1-3H3. The largest absolute Gasteiger partial charge is 0.455 e. The number of fused-ring (bicyclic) bond motifs is 7. The minimum atomic E-state index is -0.0172. The summed E-state index contributed by atoms with van der Waals surface area (Å²) in [6, 6.07) is 28.5. The molecule has 0 bridgehead atoms. The molecule has 0 radical (unpaired) electrons. The Labute approximate surface area is 196 Å². The Balaban J connectivity index is 1.83. The summed E-state index contributed by atoms with van der Waals surface area (Å²) in [5.41, 5.74) is 6.56. The van der Waals surface area contributed by atoms with E-state index in [9.17, 15) is 10.5 Å². The van der Waals surface area contributed by atoms with Crippen LogP contribution in [-0.4, -0.2) is 4.57 Å². The van der Waals surface area contributed by atoms with E-state index in [-0.39, 0.29) is 5.41 Å². The molecule has 0 spiro atoms. The summed E-state index contributed by atoms with van der Waals surface area (Å²) >= 11 is 0. The van der Waals surface area contributed by atoms with E-state index in [0.717, 1.165) is 49.4 Å². The van der Waals surface area contributed by atoms with Crippen LogP contribution in [0.25, 0.3) is 49.4 Å². The van der Waals surface area contributed by atoms with Gasteiger partial charge in [0.25, 0.3) is 0 Å². The topological polar surface area (TPSA) is 65.7 Å². The van der Waals surface area contributed by atoms with Crippen molar-refractivity contribution in [2.24, 2.45) is 0 Å². The second kappa shape index (κ2) is 6.98. The molecule has 0 saturated heterocycles. The normalized spacial score (nSPS) is 11.9. The monoisotopic (exact) mass is 439 g/mol. The molecule has 0 fully saturated rings. The molecular formula is C30H21N3O. The fourth-order valence-electron chi connectivity index (χ4n) is 4.90. The van der Waals surface area contributed by atoms with Gasteiger partial charge < -0.3 is 8.98 Å². The van der Waals surface area contributed by atoms with E-state index in [2.05, 4.69) is 73.9 Å². The summed E-state index contributed by atoms with van der Waals surface area (Å²) < 4.78 is 8.53. The molecule has 0 unspecified atom stereocenters. The molecule has 4 nitrogen and oxygen atoms in total. The van der Waals surface area contributed by atoms with Crippen LogP contribution in [0.3, 0.4) is 0 Å². The maximum Gasteiger partial charge on any atom is 0.145 e. The Morgan fingerprint density at radius 1 is 0.765 bits per heavy atom. The second-order valence-corrected chi connectivity index (χ2v) is 9.71. The van der Waals surface area contributed by atoms with Crippen LogP contribution in [-0.2, 0) is 5.41 Å². The lowest BCUT2D eigenvalue weighted by atomic mass is 9.86. The van der Waals surface area contributed by atoms with E-state index in [1.54, 1.807) is 12.1 Å². The molecule has 162 valence electrons. The minimum Gasteiger partial charge on any atom is -0.455 e. The van der Waals surface area contributed by atoms with Gasteiger partial charge in [-0.1, -0.05) is 45.0 Å². The summed E-state index contributed by atoms with van der Waals surface area (Å²) in [5, 5.41) is 23.5. The third-order valence-electron chi connectivity index (χ3n) is 6.63. The van der Waals surface area contributed by atoms with Gasteiger partial charge in [-0.05, 0) is 59.5 Å². The zero-order chi connectivity index (χ0) is 23.6. The Hall–Kier alpha value is -4.54. The number of hydrogen-bond donors (Lipinski definition) is 0. The summed E-state index contributed by atoms with van der Waals surface area (Å²) in [6.07, 6.45) is 0. The van der Waals surface area contributed by atoms with E-state index in [1.807, 2.05) is 24.3 Å². The zero-order valence-electron chi connectivity index (χ0n) is 19.2. The first-order valence-corrected chi connectivity index (χ1v) is 11.2. The molecular weight excluding hydrogens is 418 g/mol. The highest BCUT2D eigenvalue weighted by Gasteiger charge is 2.22. The number of nitrogens with zero attached hydrogens (tertiary/aromatic N) is 3. The Morgan fingerprint density at radius 2 is 1.56 bits per heavy atom. The minimum absolute atomic E-state index is 0.0172. The number of nitriles is 2.